The molecule has 0 radical (unpaired) electrons. The number of imide groups is 1. The minimum Gasteiger partial charge on any atom is -0.378 e. The van der Waals surface area contributed by atoms with Gasteiger partial charge in [-0.3, -0.25) is 14.5 Å². The topological polar surface area (TPSA) is 49.9 Å². The standard InChI is InChI=1S/C16H17ClN2O3/c1-2-19-15(20)13(11-3-5-12(17)6-4-11)14(16(19)21)18-7-9-22-10-8-18/h3-6H,2,7-10H2,1H3. The van der Waals surface area contributed by atoms with Gasteiger partial charge in [0, 0.05) is 24.7 Å². The molecule has 1 fully saturated rings. The van der Waals surface area contributed by atoms with Crippen LogP contribution in [-0.4, -0.2) is 54.5 Å². The number of carbonyl (C=O) groups excluding carboxylic acids is 2. The van der Waals surface area contributed by atoms with Crippen LogP contribution >= 0.6 is 11.6 Å². The third-order valence-electron chi connectivity index (χ3n) is 3.92. The van der Waals surface area contributed by atoms with Crippen molar-refractivity contribution in [1.82, 2.24) is 9.80 Å². The van der Waals surface area contributed by atoms with Crippen LogP contribution in [-0.2, 0) is 14.3 Å². The van der Waals surface area contributed by atoms with Gasteiger partial charge < -0.3 is 9.64 Å². The first-order chi connectivity index (χ1) is 10.6. The average Bonchev–Trinajstić information content (AvgIpc) is 2.79. The Morgan fingerprint density at radius 3 is 2.32 bits per heavy atom. The van der Waals surface area contributed by atoms with Gasteiger partial charge in [-0.05, 0) is 24.6 Å². The fraction of sp³-hybridized carbons (Fsp3) is 0.375. The molecule has 0 N–H and O–H groups in total. The lowest BCUT2D eigenvalue weighted by molar-refractivity contribution is -0.137. The Morgan fingerprint density at radius 2 is 1.73 bits per heavy atom. The minimum atomic E-state index is -0.240. The van der Waals surface area contributed by atoms with Gasteiger partial charge in [0.25, 0.3) is 11.8 Å². The highest BCUT2D eigenvalue weighted by Gasteiger charge is 2.40. The Labute approximate surface area is 134 Å². The number of hydrogen-bond donors (Lipinski definition) is 0. The number of morpholine rings is 1. The van der Waals surface area contributed by atoms with Crippen LogP contribution in [0, 0.1) is 0 Å². The molecule has 1 aromatic rings. The predicted molar refractivity (Wildman–Crippen MR) is 83.2 cm³/mol. The highest BCUT2D eigenvalue weighted by Crippen LogP contribution is 2.32. The number of ether oxygens (including phenoxy) is 1. The van der Waals surface area contributed by atoms with Crippen LogP contribution < -0.4 is 0 Å². The molecule has 0 atom stereocenters. The summed E-state index contributed by atoms with van der Waals surface area (Å²) < 4.78 is 5.34. The molecule has 0 bridgehead atoms. The minimum absolute atomic E-state index is 0.223. The summed E-state index contributed by atoms with van der Waals surface area (Å²) in [5.41, 5.74) is 1.67. The van der Waals surface area contributed by atoms with E-state index in [1.165, 1.54) is 4.90 Å². The molecule has 1 saturated heterocycles. The van der Waals surface area contributed by atoms with Gasteiger partial charge in [-0.1, -0.05) is 23.7 Å². The molecular formula is C16H17ClN2O3. The van der Waals surface area contributed by atoms with Gasteiger partial charge in [0.2, 0.25) is 0 Å². The zero-order chi connectivity index (χ0) is 15.7. The third-order valence-corrected chi connectivity index (χ3v) is 4.17. The molecule has 0 aromatic heterocycles. The summed E-state index contributed by atoms with van der Waals surface area (Å²) in [6.07, 6.45) is 0. The number of carbonyl (C=O) groups is 2. The Bertz CT molecular complexity index is 633. The Balaban J connectivity index is 2.08. The second-order valence-electron chi connectivity index (χ2n) is 5.18. The molecule has 2 aliphatic heterocycles. The SMILES string of the molecule is CCN1C(=O)C(c2ccc(Cl)cc2)=C(N2CCOCC2)C1=O. The van der Waals surface area contributed by atoms with E-state index in [-0.39, 0.29) is 11.8 Å². The Hall–Kier alpha value is -1.85. The molecule has 2 aliphatic rings. The average molecular weight is 321 g/mol. The lowest BCUT2D eigenvalue weighted by Gasteiger charge is -2.29. The van der Waals surface area contributed by atoms with Crippen molar-refractivity contribution >= 4 is 29.0 Å². The van der Waals surface area contributed by atoms with Gasteiger partial charge in [0.05, 0.1) is 18.8 Å². The van der Waals surface area contributed by atoms with E-state index in [2.05, 4.69) is 0 Å². The maximum atomic E-state index is 12.6. The summed E-state index contributed by atoms with van der Waals surface area (Å²) in [6, 6.07) is 7.02. The molecule has 0 aliphatic carbocycles. The lowest BCUT2D eigenvalue weighted by Crippen LogP contribution is -2.40. The maximum absolute atomic E-state index is 12.6. The van der Waals surface area contributed by atoms with Crippen molar-refractivity contribution in [2.45, 2.75) is 6.92 Å². The van der Waals surface area contributed by atoms with Crippen LogP contribution in [0.1, 0.15) is 12.5 Å². The summed E-state index contributed by atoms with van der Waals surface area (Å²) in [4.78, 5) is 28.5. The van der Waals surface area contributed by atoms with Crippen molar-refractivity contribution in [3.63, 3.8) is 0 Å². The maximum Gasteiger partial charge on any atom is 0.277 e. The number of rotatable bonds is 3. The van der Waals surface area contributed by atoms with Crippen LogP contribution in [0.4, 0.5) is 0 Å². The van der Waals surface area contributed by atoms with Crippen LogP contribution in [0.5, 0.6) is 0 Å². The molecule has 3 rings (SSSR count). The fourth-order valence-corrected chi connectivity index (χ4v) is 2.93. The molecule has 0 saturated carbocycles. The van der Waals surface area contributed by atoms with Crippen LogP contribution in [0.3, 0.4) is 0 Å². The van der Waals surface area contributed by atoms with Gasteiger partial charge in [-0.25, -0.2) is 0 Å². The van der Waals surface area contributed by atoms with Gasteiger partial charge in [-0.2, -0.15) is 0 Å². The summed E-state index contributed by atoms with van der Waals surface area (Å²) in [7, 11) is 0. The number of halogens is 1. The number of amides is 2. The van der Waals surface area contributed by atoms with Crippen molar-refractivity contribution in [3.05, 3.63) is 40.5 Å². The lowest BCUT2D eigenvalue weighted by atomic mass is 10.0. The largest absolute Gasteiger partial charge is 0.378 e. The second kappa shape index (κ2) is 6.10. The van der Waals surface area contributed by atoms with Gasteiger partial charge >= 0.3 is 0 Å². The van der Waals surface area contributed by atoms with E-state index in [9.17, 15) is 9.59 Å². The zero-order valence-corrected chi connectivity index (χ0v) is 13.1. The van der Waals surface area contributed by atoms with Crippen LogP contribution in [0.15, 0.2) is 30.0 Å². The van der Waals surface area contributed by atoms with E-state index in [0.29, 0.717) is 49.1 Å². The summed E-state index contributed by atoms with van der Waals surface area (Å²) in [5.74, 6) is -0.462. The molecular weight excluding hydrogens is 304 g/mol. The normalized spacial score (nSPS) is 19.4. The first kappa shape index (κ1) is 15.1. The van der Waals surface area contributed by atoms with Crippen LogP contribution in [0.2, 0.25) is 5.02 Å². The predicted octanol–water partition coefficient (Wildman–Crippen LogP) is 1.77. The summed E-state index contributed by atoms with van der Waals surface area (Å²) in [6.45, 7) is 4.52. The van der Waals surface area contributed by atoms with E-state index in [4.69, 9.17) is 16.3 Å². The number of likely N-dealkylation sites (N-methyl/N-ethyl adjacent to an activating group) is 1. The molecule has 2 amide bonds. The van der Waals surface area contributed by atoms with E-state index in [1.807, 2.05) is 4.90 Å². The van der Waals surface area contributed by atoms with Gasteiger partial charge in [-0.15, -0.1) is 0 Å². The molecule has 1 aromatic carbocycles. The monoisotopic (exact) mass is 320 g/mol. The summed E-state index contributed by atoms with van der Waals surface area (Å²) >= 11 is 5.92. The number of nitrogens with zero attached hydrogens (tertiary/aromatic N) is 2. The van der Waals surface area contributed by atoms with Gasteiger partial charge in [0.15, 0.2) is 0 Å². The van der Waals surface area contributed by atoms with Crippen molar-refractivity contribution in [2.75, 3.05) is 32.8 Å². The van der Waals surface area contributed by atoms with Gasteiger partial charge in [0.1, 0.15) is 5.70 Å². The molecule has 22 heavy (non-hydrogen) atoms. The van der Waals surface area contributed by atoms with E-state index >= 15 is 0 Å². The first-order valence-electron chi connectivity index (χ1n) is 7.32. The molecule has 0 unspecified atom stereocenters. The van der Waals surface area contributed by atoms with E-state index < -0.39 is 0 Å². The fourth-order valence-electron chi connectivity index (χ4n) is 2.81. The van der Waals surface area contributed by atoms with Crippen molar-refractivity contribution in [1.29, 1.82) is 0 Å². The smallest absolute Gasteiger partial charge is 0.277 e. The van der Waals surface area contributed by atoms with Crippen molar-refractivity contribution in [2.24, 2.45) is 0 Å². The Kier molecular flexibility index (Phi) is 4.18. The highest BCUT2D eigenvalue weighted by atomic mass is 35.5. The molecule has 6 heteroatoms. The van der Waals surface area contributed by atoms with Crippen molar-refractivity contribution < 1.29 is 14.3 Å². The second-order valence-corrected chi connectivity index (χ2v) is 5.62. The number of benzene rings is 1. The molecule has 116 valence electrons. The quantitative estimate of drug-likeness (QED) is 0.797. The van der Waals surface area contributed by atoms with E-state index in [1.54, 1.807) is 31.2 Å². The third kappa shape index (κ3) is 2.51. The first-order valence-corrected chi connectivity index (χ1v) is 7.70. The number of hydrogen-bond acceptors (Lipinski definition) is 4. The Morgan fingerprint density at radius 1 is 1.09 bits per heavy atom. The van der Waals surface area contributed by atoms with E-state index in [0.717, 1.165) is 5.56 Å². The molecule has 2 heterocycles. The summed E-state index contributed by atoms with van der Waals surface area (Å²) in [5, 5.41) is 0.599. The zero-order valence-electron chi connectivity index (χ0n) is 12.3. The van der Waals surface area contributed by atoms with Crippen molar-refractivity contribution in [3.8, 4) is 0 Å². The molecule has 5 nitrogen and oxygen atoms in total. The molecule has 0 spiro atoms. The van der Waals surface area contributed by atoms with Crippen LogP contribution in [0.25, 0.3) is 5.57 Å². The highest BCUT2D eigenvalue weighted by molar-refractivity contribution is 6.36.